The van der Waals surface area contributed by atoms with Crippen molar-refractivity contribution in [3.8, 4) is 5.75 Å². The van der Waals surface area contributed by atoms with Crippen molar-refractivity contribution < 1.29 is 19.0 Å². The van der Waals surface area contributed by atoms with Crippen molar-refractivity contribution in [1.82, 2.24) is 10.3 Å². The average Bonchev–Trinajstić information content (AvgIpc) is 3.28. The molecule has 1 unspecified atom stereocenters. The van der Waals surface area contributed by atoms with Crippen LogP contribution in [0, 0.1) is 0 Å². The van der Waals surface area contributed by atoms with E-state index in [9.17, 15) is 4.79 Å². The van der Waals surface area contributed by atoms with E-state index in [1.54, 1.807) is 13.3 Å². The topological polar surface area (TPSA) is 69.7 Å². The van der Waals surface area contributed by atoms with Gasteiger partial charge in [-0.2, -0.15) is 0 Å². The van der Waals surface area contributed by atoms with Gasteiger partial charge < -0.3 is 19.5 Å². The second kappa shape index (κ2) is 9.53. The van der Waals surface area contributed by atoms with Crippen LogP contribution in [0.15, 0.2) is 72.8 Å². The molecule has 1 aromatic heterocycles. The van der Waals surface area contributed by atoms with Crippen LogP contribution in [0.2, 0.25) is 0 Å². The highest BCUT2D eigenvalue weighted by Gasteiger charge is 2.29. The van der Waals surface area contributed by atoms with E-state index in [1.165, 1.54) is 0 Å². The number of alkyl carbamates (subject to hydrolysis) is 1. The molecule has 0 spiro atoms. The van der Waals surface area contributed by atoms with Crippen molar-refractivity contribution in [2.45, 2.75) is 51.4 Å². The van der Waals surface area contributed by atoms with Gasteiger partial charge in [-0.3, -0.25) is 4.98 Å². The third-order valence-electron chi connectivity index (χ3n) is 5.48. The van der Waals surface area contributed by atoms with E-state index in [2.05, 4.69) is 34.6 Å². The molecular formula is C27H30N2O4. The number of fused-ring (bicyclic) bond motifs is 1. The number of benzene rings is 2. The van der Waals surface area contributed by atoms with Gasteiger partial charge in [0.25, 0.3) is 0 Å². The summed E-state index contributed by atoms with van der Waals surface area (Å²) in [4.78, 5) is 16.7. The van der Waals surface area contributed by atoms with Gasteiger partial charge in [0.05, 0.1) is 13.2 Å². The molecule has 3 aromatic rings. The molecule has 0 fully saturated rings. The Hall–Kier alpha value is -3.54. The van der Waals surface area contributed by atoms with Gasteiger partial charge in [0, 0.05) is 30.6 Å². The molecule has 4 rings (SSSR count). The van der Waals surface area contributed by atoms with Crippen LogP contribution in [0.5, 0.6) is 5.75 Å². The first-order chi connectivity index (χ1) is 15.8. The van der Waals surface area contributed by atoms with E-state index in [1.807, 2.05) is 57.3 Å². The standard InChI is InChI=1S/C27H30N2O4/c1-27(2,3)33-26(30)29-23(15-18-5-9-22(31-4)10-6-18)25-12-11-24(32-25)20-7-8-21-17-28-14-13-19(21)16-20/h5-10,12-14,16-17,23-24H,11,15H2,1-4H3,(H,29,30)/t23-,24?/m0/s1. The van der Waals surface area contributed by atoms with Crippen molar-refractivity contribution in [1.29, 1.82) is 0 Å². The van der Waals surface area contributed by atoms with Crippen LogP contribution in [0.3, 0.4) is 0 Å². The first kappa shape index (κ1) is 22.6. The minimum absolute atomic E-state index is 0.101. The summed E-state index contributed by atoms with van der Waals surface area (Å²) in [5.74, 6) is 1.54. The molecule has 2 heterocycles. The Bertz CT molecular complexity index is 1150. The molecule has 0 aliphatic carbocycles. The highest BCUT2D eigenvalue weighted by Crippen LogP contribution is 2.34. The Morgan fingerprint density at radius 1 is 1.15 bits per heavy atom. The van der Waals surface area contributed by atoms with Crippen molar-refractivity contribution >= 4 is 16.9 Å². The van der Waals surface area contributed by atoms with E-state index in [-0.39, 0.29) is 12.1 Å². The molecule has 2 aromatic carbocycles. The molecule has 1 aliphatic heterocycles. The molecule has 1 aliphatic rings. The zero-order valence-electron chi connectivity index (χ0n) is 19.5. The number of rotatable bonds is 6. The Balaban J connectivity index is 1.51. The van der Waals surface area contributed by atoms with E-state index < -0.39 is 11.7 Å². The second-order valence-electron chi connectivity index (χ2n) is 9.18. The minimum Gasteiger partial charge on any atom is -0.497 e. The molecule has 0 radical (unpaired) electrons. The number of nitrogens with zero attached hydrogens (tertiary/aromatic N) is 1. The summed E-state index contributed by atoms with van der Waals surface area (Å²) in [5, 5.41) is 5.22. The third-order valence-corrected chi connectivity index (χ3v) is 5.48. The predicted octanol–water partition coefficient (Wildman–Crippen LogP) is 5.72. The number of amides is 1. The normalized spacial score (nSPS) is 16.6. The van der Waals surface area contributed by atoms with Gasteiger partial charge in [-0.05, 0) is 67.6 Å². The van der Waals surface area contributed by atoms with Gasteiger partial charge in [-0.25, -0.2) is 4.79 Å². The monoisotopic (exact) mass is 446 g/mol. The number of ether oxygens (including phenoxy) is 3. The summed E-state index contributed by atoms with van der Waals surface area (Å²) in [6.07, 6.45) is 6.46. The van der Waals surface area contributed by atoms with Crippen LogP contribution in [-0.2, 0) is 15.9 Å². The predicted molar refractivity (Wildman–Crippen MR) is 128 cm³/mol. The van der Waals surface area contributed by atoms with Gasteiger partial charge in [0.2, 0.25) is 0 Å². The van der Waals surface area contributed by atoms with Crippen LogP contribution in [0.25, 0.3) is 10.8 Å². The Kier molecular flexibility index (Phi) is 6.54. The van der Waals surface area contributed by atoms with Crippen molar-refractivity contribution in [3.05, 3.63) is 83.9 Å². The fraction of sp³-hybridized carbons (Fsp3) is 0.333. The Morgan fingerprint density at radius 3 is 2.67 bits per heavy atom. The molecule has 0 saturated heterocycles. The molecule has 0 bridgehead atoms. The highest BCUT2D eigenvalue weighted by molar-refractivity contribution is 5.82. The van der Waals surface area contributed by atoms with E-state index >= 15 is 0 Å². The lowest BCUT2D eigenvalue weighted by atomic mass is 10.0. The van der Waals surface area contributed by atoms with E-state index in [0.717, 1.165) is 39.8 Å². The molecule has 0 saturated carbocycles. The molecule has 6 nitrogen and oxygen atoms in total. The number of carbonyl (C=O) groups is 1. The largest absolute Gasteiger partial charge is 0.497 e. The zero-order valence-corrected chi connectivity index (χ0v) is 19.5. The zero-order chi connectivity index (χ0) is 23.4. The number of hydrogen-bond donors (Lipinski definition) is 1. The summed E-state index contributed by atoms with van der Waals surface area (Å²) < 4.78 is 17.1. The van der Waals surface area contributed by atoms with E-state index in [4.69, 9.17) is 14.2 Å². The van der Waals surface area contributed by atoms with Gasteiger partial charge in [-0.15, -0.1) is 0 Å². The highest BCUT2D eigenvalue weighted by atomic mass is 16.6. The summed E-state index contributed by atoms with van der Waals surface area (Å²) in [7, 11) is 1.64. The molecule has 1 amide bonds. The summed E-state index contributed by atoms with van der Waals surface area (Å²) in [6.45, 7) is 5.55. The maximum absolute atomic E-state index is 12.6. The SMILES string of the molecule is COc1ccc(C[C@H](NC(=O)OC(C)(C)C)C2=CCC(c3ccc4cnccc4c3)O2)cc1. The number of aromatic nitrogens is 1. The molecule has 33 heavy (non-hydrogen) atoms. The maximum Gasteiger partial charge on any atom is 0.408 e. The lowest BCUT2D eigenvalue weighted by molar-refractivity contribution is 0.0479. The fourth-order valence-electron chi connectivity index (χ4n) is 3.88. The van der Waals surface area contributed by atoms with Crippen LogP contribution in [-0.4, -0.2) is 29.8 Å². The molecule has 172 valence electrons. The lowest BCUT2D eigenvalue weighted by Gasteiger charge is -2.25. The van der Waals surface area contributed by atoms with Gasteiger partial charge >= 0.3 is 6.09 Å². The summed E-state index contributed by atoms with van der Waals surface area (Å²) >= 11 is 0. The first-order valence-corrected chi connectivity index (χ1v) is 11.1. The smallest absolute Gasteiger partial charge is 0.408 e. The molecule has 6 heteroatoms. The van der Waals surface area contributed by atoms with Crippen molar-refractivity contribution in [3.63, 3.8) is 0 Å². The second-order valence-corrected chi connectivity index (χ2v) is 9.18. The van der Waals surface area contributed by atoms with Gasteiger partial charge in [0.15, 0.2) is 0 Å². The lowest BCUT2D eigenvalue weighted by Crippen LogP contribution is -2.41. The number of methoxy groups -OCH3 is 1. The quantitative estimate of drug-likeness (QED) is 0.524. The number of carbonyl (C=O) groups excluding carboxylic acids is 1. The van der Waals surface area contributed by atoms with Crippen molar-refractivity contribution in [2.24, 2.45) is 0 Å². The fourth-order valence-corrected chi connectivity index (χ4v) is 3.88. The van der Waals surface area contributed by atoms with Crippen LogP contribution in [0.1, 0.15) is 44.4 Å². The minimum atomic E-state index is -0.581. The molecule has 1 N–H and O–H groups in total. The third kappa shape index (κ3) is 5.83. The number of hydrogen-bond acceptors (Lipinski definition) is 5. The van der Waals surface area contributed by atoms with Crippen LogP contribution >= 0.6 is 0 Å². The van der Waals surface area contributed by atoms with Crippen molar-refractivity contribution in [2.75, 3.05) is 7.11 Å². The molecular weight excluding hydrogens is 416 g/mol. The van der Waals surface area contributed by atoms with E-state index in [0.29, 0.717) is 6.42 Å². The van der Waals surface area contributed by atoms with Gasteiger partial charge in [0.1, 0.15) is 23.2 Å². The Labute approximate surface area is 194 Å². The number of pyridine rings is 1. The summed E-state index contributed by atoms with van der Waals surface area (Å²) in [6, 6.07) is 15.7. The Morgan fingerprint density at radius 2 is 1.94 bits per heavy atom. The van der Waals surface area contributed by atoms with Gasteiger partial charge in [-0.1, -0.05) is 24.3 Å². The molecule has 2 atom stereocenters. The maximum atomic E-state index is 12.6. The first-order valence-electron chi connectivity index (χ1n) is 11.1. The number of nitrogens with one attached hydrogen (secondary N) is 1. The summed E-state index contributed by atoms with van der Waals surface area (Å²) in [5.41, 5.74) is 1.57. The average molecular weight is 447 g/mol. The van der Waals surface area contributed by atoms with Crippen LogP contribution in [0.4, 0.5) is 4.79 Å². The van der Waals surface area contributed by atoms with Crippen LogP contribution < -0.4 is 10.1 Å².